The normalized spacial score (nSPS) is 17.1. The number of benzene rings is 1. The van der Waals surface area contributed by atoms with Gasteiger partial charge >= 0.3 is 0 Å². The van der Waals surface area contributed by atoms with E-state index in [-0.39, 0.29) is 10.6 Å². The Morgan fingerprint density at radius 3 is 2.65 bits per heavy atom. The lowest BCUT2D eigenvalue weighted by molar-refractivity contribution is -0.384. The van der Waals surface area contributed by atoms with E-state index >= 15 is 0 Å². The van der Waals surface area contributed by atoms with E-state index in [0.29, 0.717) is 0 Å². The Balaban J connectivity index is 1.84. The number of aryl methyl sites for hydroxylation is 1. The van der Waals surface area contributed by atoms with Crippen molar-refractivity contribution in [1.29, 1.82) is 0 Å². The third-order valence-corrected chi connectivity index (χ3v) is 3.77. The largest absolute Gasteiger partial charge is 0.383 e. The van der Waals surface area contributed by atoms with Gasteiger partial charge in [-0.05, 0) is 19.5 Å². The quantitative estimate of drug-likeness (QED) is 0.654. The van der Waals surface area contributed by atoms with Crippen molar-refractivity contribution in [3.05, 3.63) is 33.9 Å². The Morgan fingerprint density at radius 2 is 2.00 bits per heavy atom. The smallest absolute Gasteiger partial charge is 0.271 e. The number of anilines is 1. The standard InChI is InChI=1S/C14H22N4O2/c1-12-3-4-13(18(19)20)11-14(12)15-5-6-17-9-7-16(2)8-10-17/h3-4,11,15H,5-10H2,1-2H3. The van der Waals surface area contributed by atoms with E-state index in [1.54, 1.807) is 18.2 Å². The summed E-state index contributed by atoms with van der Waals surface area (Å²) < 4.78 is 0. The van der Waals surface area contributed by atoms with E-state index in [0.717, 1.165) is 50.5 Å². The van der Waals surface area contributed by atoms with Crippen LogP contribution in [0.1, 0.15) is 5.56 Å². The van der Waals surface area contributed by atoms with Crippen LogP contribution in [0.25, 0.3) is 0 Å². The minimum absolute atomic E-state index is 0.137. The Labute approximate surface area is 119 Å². The summed E-state index contributed by atoms with van der Waals surface area (Å²) in [5.41, 5.74) is 2.03. The van der Waals surface area contributed by atoms with E-state index in [9.17, 15) is 10.1 Å². The summed E-state index contributed by atoms with van der Waals surface area (Å²) in [7, 11) is 2.14. The van der Waals surface area contributed by atoms with Gasteiger partial charge in [-0.25, -0.2) is 0 Å². The molecular weight excluding hydrogens is 256 g/mol. The predicted molar refractivity (Wildman–Crippen MR) is 80.3 cm³/mol. The summed E-state index contributed by atoms with van der Waals surface area (Å²) in [6.45, 7) is 8.13. The first kappa shape index (κ1) is 14.7. The molecule has 1 aliphatic heterocycles. The van der Waals surface area contributed by atoms with Gasteiger partial charge in [-0.15, -0.1) is 0 Å². The maximum atomic E-state index is 10.8. The van der Waals surface area contributed by atoms with Crippen LogP contribution in [0, 0.1) is 17.0 Å². The van der Waals surface area contributed by atoms with Crippen LogP contribution in [0.5, 0.6) is 0 Å². The van der Waals surface area contributed by atoms with Crippen molar-refractivity contribution in [2.24, 2.45) is 0 Å². The van der Waals surface area contributed by atoms with Gasteiger partial charge in [-0.1, -0.05) is 6.07 Å². The lowest BCUT2D eigenvalue weighted by Gasteiger charge is -2.32. The molecule has 110 valence electrons. The van der Waals surface area contributed by atoms with Crippen molar-refractivity contribution in [3.63, 3.8) is 0 Å². The number of hydrogen-bond donors (Lipinski definition) is 1. The Kier molecular flexibility index (Phi) is 4.92. The van der Waals surface area contributed by atoms with E-state index in [1.807, 2.05) is 6.92 Å². The highest BCUT2D eigenvalue weighted by molar-refractivity contribution is 5.56. The van der Waals surface area contributed by atoms with Gasteiger partial charge in [0.1, 0.15) is 0 Å². The molecule has 1 saturated heterocycles. The van der Waals surface area contributed by atoms with Crippen LogP contribution in [-0.4, -0.2) is 61.0 Å². The molecule has 0 bridgehead atoms. The van der Waals surface area contributed by atoms with E-state index in [2.05, 4.69) is 22.2 Å². The molecule has 1 aromatic rings. The fourth-order valence-corrected chi connectivity index (χ4v) is 2.33. The molecule has 6 nitrogen and oxygen atoms in total. The number of nitro benzene ring substituents is 1. The summed E-state index contributed by atoms with van der Waals surface area (Å²) in [5, 5.41) is 14.1. The monoisotopic (exact) mass is 278 g/mol. The minimum Gasteiger partial charge on any atom is -0.383 e. The number of hydrogen-bond acceptors (Lipinski definition) is 5. The number of non-ortho nitro benzene ring substituents is 1. The molecule has 20 heavy (non-hydrogen) atoms. The van der Waals surface area contributed by atoms with Gasteiger partial charge in [-0.2, -0.15) is 0 Å². The molecule has 0 radical (unpaired) electrons. The minimum atomic E-state index is -0.356. The fraction of sp³-hybridized carbons (Fsp3) is 0.571. The van der Waals surface area contributed by atoms with Gasteiger partial charge in [0.25, 0.3) is 5.69 Å². The highest BCUT2D eigenvalue weighted by atomic mass is 16.6. The topological polar surface area (TPSA) is 61.7 Å². The number of piperazine rings is 1. The Hall–Kier alpha value is -1.66. The maximum absolute atomic E-state index is 10.8. The van der Waals surface area contributed by atoms with Crippen LogP contribution in [0.3, 0.4) is 0 Å². The molecule has 0 aliphatic carbocycles. The van der Waals surface area contributed by atoms with Gasteiger partial charge in [0, 0.05) is 57.1 Å². The third-order valence-electron chi connectivity index (χ3n) is 3.77. The van der Waals surface area contributed by atoms with Crippen molar-refractivity contribution >= 4 is 11.4 Å². The lowest BCUT2D eigenvalue weighted by Crippen LogP contribution is -2.45. The summed E-state index contributed by atoms with van der Waals surface area (Å²) in [6.07, 6.45) is 0. The van der Waals surface area contributed by atoms with Crippen LogP contribution < -0.4 is 5.32 Å². The second-order valence-corrected chi connectivity index (χ2v) is 5.33. The second kappa shape index (κ2) is 6.67. The van der Waals surface area contributed by atoms with Gasteiger partial charge in [-0.3, -0.25) is 15.0 Å². The average molecular weight is 278 g/mol. The number of likely N-dealkylation sites (N-methyl/N-ethyl adjacent to an activating group) is 1. The molecule has 2 rings (SSSR count). The maximum Gasteiger partial charge on any atom is 0.271 e. The van der Waals surface area contributed by atoms with Crippen molar-refractivity contribution in [3.8, 4) is 0 Å². The molecule has 6 heteroatoms. The highest BCUT2D eigenvalue weighted by Crippen LogP contribution is 2.21. The molecule has 1 aromatic carbocycles. The third kappa shape index (κ3) is 3.91. The van der Waals surface area contributed by atoms with Crippen molar-refractivity contribution in [2.75, 3.05) is 51.6 Å². The molecule has 1 heterocycles. The first-order valence-electron chi connectivity index (χ1n) is 6.96. The summed E-state index contributed by atoms with van der Waals surface area (Å²) in [5.74, 6) is 0. The van der Waals surface area contributed by atoms with Gasteiger partial charge in [0.15, 0.2) is 0 Å². The zero-order valence-corrected chi connectivity index (χ0v) is 12.1. The lowest BCUT2D eigenvalue weighted by atomic mass is 10.2. The average Bonchev–Trinajstić information content (AvgIpc) is 2.43. The van der Waals surface area contributed by atoms with Crippen LogP contribution >= 0.6 is 0 Å². The second-order valence-electron chi connectivity index (χ2n) is 5.33. The van der Waals surface area contributed by atoms with Crippen LogP contribution in [-0.2, 0) is 0 Å². The fourth-order valence-electron chi connectivity index (χ4n) is 2.33. The van der Waals surface area contributed by atoms with Crippen molar-refractivity contribution in [1.82, 2.24) is 9.80 Å². The number of rotatable bonds is 5. The SMILES string of the molecule is Cc1ccc([N+](=O)[O-])cc1NCCN1CCN(C)CC1. The molecule has 0 amide bonds. The molecule has 1 fully saturated rings. The van der Waals surface area contributed by atoms with Crippen molar-refractivity contribution in [2.45, 2.75) is 6.92 Å². The zero-order chi connectivity index (χ0) is 14.5. The summed E-state index contributed by atoms with van der Waals surface area (Å²) in [6, 6.07) is 4.94. The number of nitrogens with zero attached hydrogens (tertiary/aromatic N) is 3. The zero-order valence-electron chi connectivity index (χ0n) is 12.1. The molecule has 0 spiro atoms. The Bertz CT molecular complexity index is 470. The molecule has 1 N–H and O–H groups in total. The number of nitro groups is 1. The first-order chi connectivity index (χ1) is 9.56. The Morgan fingerprint density at radius 1 is 1.30 bits per heavy atom. The van der Waals surface area contributed by atoms with Gasteiger partial charge in [0.05, 0.1) is 4.92 Å². The van der Waals surface area contributed by atoms with Crippen molar-refractivity contribution < 1.29 is 4.92 Å². The van der Waals surface area contributed by atoms with Crippen LogP contribution in [0.2, 0.25) is 0 Å². The van der Waals surface area contributed by atoms with E-state index in [1.165, 1.54) is 0 Å². The van der Waals surface area contributed by atoms with Gasteiger partial charge in [0.2, 0.25) is 0 Å². The van der Waals surface area contributed by atoms with E-state index in [4.69, 9.17) is 0 Å². The molecule has 0 atom stereocenters. The van der Waals surface area contributed by atoms with Crippen LogP contribution in [0.4, 0.5) is 11.4 Å². The van der Waals surface area contributed by atoms with Gasteiger partial charge < -0.3 is 10.2 Å². The molecule has 0 saturated carbocycles. The first-order valence-corrected chi connectivity index (χ1v) is 6.96. The molecule has 0 aromatic heterocycles. The summed E-state index contributed by atoms with van der Waals surface area (Å²) in [4.78, 5) is 15.2. The molecule has 1 aliphatic rings. The highest BCUT2D eigenvalue weighted by Gasteiger charge is 2.13. The molecule has 0 unspecified atom stereocenters. The number of nitrogens with one attached hydrogen (secondary N) is 1. The van der Waals surface area contributed by atoms with Crippen LogP contribution in [0.15, 0.2) is 18.2 Å². The predicted octanol–water partition coefficient (Wildman–Crippen LogP) is 1.56. The van der Waals surface area contributed by atoms with E-state index < -0.39 is 0 Å². The summed E-state index contributed by atoms with van der Waals surface area (Å²) >= 11 is 0. The molecular formula is C14H22N4O2.